The second-order valence-electron chi connectivity index (χ2n) is 5.07. The molecule has 0 spiro atoms. The lowest BCUT2D eigenvalue weighted by Gasteiger charge is -2.41. The molecular formula is C12H22N2O3. The second kappa shape index (κ2) is 4.92. The number of methoxy groups -OCH3 is 2. The van der Waals surface area contributed by atoms with Crippen LogP contribution in [0.15, 0.2) is 0 Å². The van der Waals surface area contributed by atoms with Crippen molar-refractivity contribution in [2.24, 2.45) is 0 Å². The largest absolute Gasteiger partial charge is 0.382 e. The lowest BCUT2D eigenvalue weighted by molar-refractivity contribution is -0.151. The number of ether oxygens (including phenoxy) is 2. The van der Waals surface area contributed by atoms with Gasteiger partial charge in [-0.05, 0) is 19.9 Å². The van der Waals surface area contributed by atoms with E-state index in [1.807, 2.05) is 4.90 Å². The Morgan fingerprint density at radius 3 is 2.59 bits per heavy atom. The monoisotopic (exact) mass is 242 g/mol. The molecule has 0 aromatic carbocycles. The van der Waals surface area contributed by atoms with Crippen molar-refractivity contribution in [2.45, 2.75) is 24.5 Å². The summed E-state index contributed by atoms with van der Waals surface area (Å²) in [5, 5.41) is 0. The third-order valence-corrected chi connectivity index (χ3v) is 3.79. The molecule has 0 N–H and O–H groups in total. The summed E-state index contributed by atoms with van der Waals surface area (Å²) in [6.45, 7) is 3.16. The molecule has 5 heteroatoms. The number of likely N-dealkylation sites (N-methyl/N-ethyl adjacent to an activating group) is 1. The lowest BCUT2D eigenvalue weighted by Crippen LogP contribution is -2.58. The van der Waals surface area contributed by atoms with Gasteiger partial charge >= 0.3 is 0 Å². The zero-order valence-corrected chi connectivity index (χ0v) is 10.9. The van der Waals surface area contributed by atoms with Gasteiger partial charge in [-0.25, -0.2) is 0 Å². The smallest absolute Gasteiger partial charge is 0.255 e. The van der Waals surface area contributed by atoms with Crippen molar-refractivity contribution in [2.75, 3.05) is 47.5 Å². The summed E-state index contributed by atoms with van der Waals surface area (Å²) in [5.41, 5.74) is -0.512. The van der Waals surface area contributed by atoms with Crippen LogP contribution in [0.25, 0.3) is 0 Å². The molecule has 0 aromatic heterocycles. The van der Waals surface area contributed by atoms with E-state index in [1.54, 1.807) is 14.2 Å². The highest BCUT2D eigenvalue weighted by atomic mass is 16.5. The van der Waals surface area contributed by atoms with Crippen molar-refractivity contribution >= 4 is 5.91 Å². The topological polar surface area (TPSA) is 42.0 Å². The number of hydrogen-bond donors (Lipinski definition) is 0. The highest BCUT2D eigenvalue weighted by Gasteiger charge is 2.53. The standard InChI is InChI=1S/C12H22N2O3/c1-13-6-7-14(10(8-13)9-16-2)11(15)12(17-3)4-5-12/h10H,4-9H2,1-3H3. The molecule has 1 amide bonds. The molecule has 2 rings (SSSR count). The van der Waals surface area contributed by atoms with E-state index in [-0.39, 0.29) is 11.9 Å². The van der Waals surface area contributed by atoms with Crippen molar-refractivity contribution in [3.05, 3.63) is 0 Å². The first-order valence-electron chi connectivity index (χ1n) is 6.16. The van der Waals surface area contributed by atoms with Crippen molar-refractivity contribution in [1.29, 1.82) is 0 Å². The van der Waals surface area contributed by atoms with Gasteiger partial charge in [0.2, 0.25) is 0 Å². The number of rotatable bonds is 4. The SMILES string of the molecule is COCC1CN(C)CCN1C(=O)C1(OC)CC1. The molecule has 0 radical (unpaired) electrons. The number of nitrogens with zero attached hydrogens (tertiary/aromatic N) is 2. The first kappa shape index (κ1) is 12.8. The molecule has 1 unspecified atom stereocenters. The third kappa shape index (κ3) is 2.46. The van der Waals surface area contributed by atoms with E-state index in [1.165, 1.54) is 0 Å². The first-order valence-corrected chi connectivity index (χ1v) is 6.16. The van der Waals surface area contributed by atoms with Crippen LogP contribution in [0.4, 0.5) is 0 Å². The molecule has 1 saturated heterocycles. The maximum absolute atomic E-state index is 12.4. The summed E-state index contributed by atoms with van der Waals surface area (Å²) in [6, 6.07) is 0.152. The fourth-order valence-electron chi connectivity index (χ4n) is 2.49. The molecular weight excluding hydrogens is 220 g/mol. The Morgan fingerprint density at radius 1 is 1.35 bits per heavy atom. The number of carbonyl (C=O) groups excluding carboxylic acids is 1. The molecule has 1 heterocycles. The highest BCUT2D eigenvalue weighted by molar-refractivity contribution is 5.88. The van der Waals surface area contributed by atoms with E-state index < -0.39 is 5.60 Å². The third-order valence-electron chi connectivity index (χ3n) is 3.79. The van der Waals surface area contributed by atoms with Crippen molar-refractivity contribution in [3.8, 4) is 0 Å². The molecule has 0 bridgehead atoms. The predicted octanol–water partition coefficient (Wildman–Crippen LogP) is -0.0456. The summed E-state index contributed by atoms with van der Waals surface area (Å²) < 4.78 is 10.6. The summed E-state index contributed by atoms with van der Waals surface area (Å²) in [5.74, 6) is 0.148. The van der Waals surface area contributed by atoms with Crippen molar-refractivity contribution in [3.63, 3.8) is 0 Å². The van der Waals surface area contributed by atoms with Crippen LogP contribution in [0.2, 0.25) is 0 Å². The quantitative estimate of drug-likeness (QED) is 0.693. The van der Waals surface area contributed by atoms with Crippen molar-refractivity contribution in [1.82, 2.24) is 9.80 Å². The molecule has 0 aromatic rings. The summed E-state index contributed by atoms with van der Waals surface area (Å²) in [6.07, 6.45) is 1.71. The second-order valence-corrected chi connectivity index (χ2v) is 5.07. The summed E-state index contributed by atoms with van der Waals surface area (Å²) >= 11 is 0. The van der Waals surface area contributed by atoms with Crippen LogP contribution in [-0.2, 0) is 14.3 Å². The first-order chi connectivity index (χ1) is 8.13. The van der Waals surface area contributed by atoms with Gasteiger partial charge in [0, 0.05) is 33.9 Å². The molecule has 2 aliphatic rings. The average Bonchev–Trinajstić information content (AvgIpc) is 3.10. The Kier molecular flexibility index (Phi) is 3.70. The van der Waals surface area contributed by atoms with Crippen LogP contribution in [-0.4, -0.2) is 74.9 Å². The minimum absolute atomic E-state index is 0.148. The number of hydrogen-bond acceptors (Lipinski definition) is 4. The van der Waals surface area contributed by atoms with E-state index in [4.69, 9.17) is 9.47 Å². The van der Waals surface area contributed by atoms with Gasteiger partial charge in [0.25, 0.3) is 5.91 Å². The summed E-state index contributed by atoms with van der Waals surface area (Å²) in [7, 11) is 5.39. The Labute approximate surface area is 103 Å². The van der Waals surface area contributed by atoms with Gasteiger partial charge in [0.05, 0.1) is 12.6 Å². The molecule has 98 valence electrons. The molecule has 1 aliphatic carbocycles. The Hall–Kier alpha value is -0.650. The maximum atomic E-state index is 12.4. The van der Waals surface area contributed by atoms with Gasteiger partial charge in [-0.2, -0.15) is 0 Å². The van der Waals surface area contributed by atoms with Crippen LogP contribution in [0.3, 0.4) is 0 Å². The Bertz CT molecular complexity index is 291. The van der Waals surface area contributed by atoms with Gasteiger partial charge in [0.1, 0.15) is 5.60 Å². The molecule has 1 aliphatic heterocycles. The normalized spacial score (nSPS) is 28.2. The molecule has 17 heavy (non-hydrogen) atoms. The van der Waals surface area contributed by atoms with E-state index in [9.17, 15) is 4.79 Å². The van der Waals surface area contributed by atoms with Gasteiger partial charge in [-0.3, -0.25) is 4.79 Å². The lowest BCUT2D eigenvalue weighted by atomic mass is 10.1. The number of carbonyl (C=O) groups is 1. The number of piperazine rings is 1. The minimum Gasteiger partial charge on any atom is -0.382 e. The van der Waals surface area contributed by atoms with E-state index in [2.05, 4.69) is 11.9 Å². The Morgan fingerprint density at radius 2 is 2.06 bits per heavy atom. The van der Waals surface area contributed by atoms with Crippen LogP contribution in [0.1, 0.15) is 12.8 Å². The predicted molar refractivity (Wildman–Crippen MR) is 63.8 cm³/mol. The van der Waals surface area contributed by atoms with Gasteiger partial charge in [-0.1, -0.05) is 0 Å². The van der Waals surface area contributed by atoms with Gasteiger partial charge in [0.15, 0.2) is 0 Å². The molecule has 2 fully saturated rings. The molecule has 1 saturated carbocycles. The highest BCUT2D eigenvalue weighted by Crippen LogP contribution is 2.41. The zero-order valence-electron chi connectivity index (χ0n) is 10.9. The van der Waals surface area contributed by atoms with Crippen LogP contribution in [0, 0.1) is 0 Å². The van der Waals surface area contributed by atoms with Gasteiger partial charge < -0.3 is 19.3 Å². The summed E-state index contributed by atoms with van der Waals surface area (Å²) in [4.78, 5) is 16.6. The van der Waals surface area contributed by atoms with E-state index in [0.717, 1.165) is 32.5 Å². The fraction of sp³-hybridized carbons (Fsp3) is 0.917. The van der Waals surface area contributed by atoms with E-state index >= 15 is 0 Å². The Balaban J connectivity index is 2.04. The minimum atomic E-state index is -0.512. The molecule has 1 atom stereocenters. The van der Waals surface area contributed by atoms with E-state index in [0.29, 0.717) is 6.61 Å². The average molecular weight is 242 g/mol. The van der Waals surface area contributed by atoms with Crippen molar-refractivity contribution < 1.29 is 14.3 Å². The fourth-order valence-corrected chi connectivity index (χ4v) is 2.49. The zero-order chi connectivity index (χ0) is 12.5. The van der Waals surface area contributed by atoms with Gasteiger partial charge in [-0.15, -0.1) is 0 Å². The molecule has 5 nitrogen and oxygen atoms in total. The van der Waals surface area contributed by atoms with Crippen LogP contribution in [0.5, 0.6) is 0 Å². The van der Waals surface area contributed by atoms with Crippen LogP contribution < -0.4 is 0 Å². The maximum Gasteiger partial charge on any atom is 0.255 e. The van der Waals surface area contributed by atoms with Crippen LogP contribution >= 0.6 is 0 Å². The number of amides is 1.